The molecule has 1 amide bonds. The molecule has 102 valence electrons. The van der Waals surface area contributed by atoms with Gasteiger partial charge in [0.2, 0.25) is 0 Å². The second-order valence-corrected chi connectivity index (χ2v) is 4.18. The van der Waals surface area contributed by atoms with Crippen molar-refractivity contribution < 1.29 is 14.4 Å². The van der Waals surface area contributed by atoms with Crippen LogP contribution in [-0.2, 0) is 6.54 Å². The van der Waals surface area contributed by atoms with E-state index in [1.807, 2.05) is 19.1 Å². The number of amides is 1. The lowest BCUT2D eigenvalue weighted by Crippen LogP contribution is -2.23. The lowest BCUT2D eigenvalue weighted by Gasteiger charge is -2.06. The van der Waals surface area contributed by atoms with Crippen LogP contribution in [-0.4, -0.2) is 22.8 Å². The van der Waals surface area contributed by atoms with Crippen LogP contribution in [0.5, 0.6) is 0 Å². The van der Waals surface area contributed by atoms with Crippen molar-refractivity contribution in [2.45, 2.75) is 13.5 Å². The van der Waals surface area contributed by atoms with Crippen molar-refractivity contribution in [2.75, 3.05) is 6.61 Å². The molecule has 0 atom stereocenters. The number of hydrogen-bond acceptors (Lipinski definition) is 4. The van der Waals surface area contributed by atoms with Gasteiger partial charge in [-0.05, 0) is 24.6 Å². The summed E-state index contributed by atoms with van der Waals surface area (Å²) in [6.45, 7) is 1.96. The van der Waals surface area contributed by atoms with Crippen LogP contribution in [0.4, 0.5) is 0 Å². The average Bonchev–Trinajstić information content (AvgIpc) is 2.96. The van der Waals surface area contributed by atoms with Crippen LogP contribution in [0.25, 0.3) is 0 Å². The zero-order chi connectivity index (χ0) is 14.4. The summed E-state index contributed by atoms with van der Waals surface area (Å²) in [7, 11) is 0. The van der Waals surface area contributed by atoms with Gasteiger partial charge in [-0.25, -0.2) is 0 Å². The summed E-state index contributed by atoms with van der Waals surface area (Å²) in [6.07, 6.45) is 1.45. The van der Waals surface area contributed by atoms with Crippen LogP contribution in [0.3, 0.4) is 0 Å². The van der Waals surface area contributed by atoms with E-state index in [1.165, 1.54) is 6.26 Å². The Bertz CT molecular complexity index is 651. The zero-order valence-corrected chi connectivity index (χ0v) is 11.0. The van der Waals surface area contributed by atoms with Gasteiger partial charge in [-0.15, -0.1) is 0 Å². The number of rotatable bonds is 3. The number of aliphatic hydroxyl groups is 1. The van der Waals surface area contributed by atoms with E-state index in [1.54, 1.807) is 12.1 Å². The smallest absolute Gasteiger partial charge is 0.252 e. The van der Waals surface area contributed by atoms with E-state index in [9.17, 15) is 4.79 Å². The second-order valence-electron chi connectivity index (χ2n) is 4.18. The number of carbonyl (C=O) groups is 1. The predicted molar refractivity (Wildman–Crippen MR) is 72.8 cm³/mol. The third kappa shape index (κ3) is 3.46. The fourth-order valence-corrected chi connectivity index (χ4v) is 1.69. The maximum absolute atomic E-state index is 12.1. The summed E-state index contributed by atoms with van der Waals surface area (Å²) >= 11 is 0. The molecule has 2 aromatic rings. The Morgan fingerprint density at radius 2 is 2.30 bits per heavy atom. The van der Waals surface area contributed by atoms with Crippen molar-refractivity contribution in [1.29, 1.82) is 0 Å². The van der Waals surface area contributed by atoms with Gasteiger partial charge in [0.05, 0.1) is 12.1 Å². The topological polar surface area (TPSA) is 75.4 Å². The number of aromatic nitrogens is 1. The molecule has 0 bridgehead atoms. The molecule has 1 aromatic heterocycles. The van der Waals surface area contributed by atoms with E-state index in [4.69, 9.17) is 9.63 Å². The summed E-state index contributed by atoms with van der Waals surface area (Å²) in [5.41, 5.74) is 2.71. The van der Waals surface area contributed by atoms with Crippen LogP contribution in [0.1, 0.15) is 27.2 Å². The van der Waals surface area contributed by atoms with Crippen LogP contribution in [0.2, 0.25) is 0 Å². The maximum Gasteiger partial charge on any atom is 0.252 e. The molecular formula is C15H14N2O3. The maximum atomic E-state index is 12.1. The summed E-state index contributed by atoms with van der Waals surface area (Å²) < 4.78 is 4.69. The van der Waals surface area contributed by atoms with Crippen LogP contribution >= 0.6 is 0 Å². The van der Waals surface area contributed by atoms with Gasteiger partial charge in [0, 0.05) is 11.6 Å². The molecule has 0 aliphatic carbocycles. The van der Waals surface area contributed by atoms with Crippen molar-refractivity contribution in [3.8, 4) is 11.8 Å². The number of carbonyl (C=O) groups excluding carboxylic acids is 1. The van der Waals surface area contributed by atoms with Crippen LogP contribution < -0.4 is 5.32 Å². The van der Waals surface area contributed by atoms with Gasteiger partial charge in [-0.3, -0.25) is 4.79 Å². The first-order chi connectivity index (χ1) is 9.70. The van der Waals surface area contributed by atoms with E-state index in [0.717, 1.165) is 5.56 Å². The van der Waals surface area contributed by atoms with Crippen LogP contribution in [0, 0.1) is 18.8 Å². The Morgan fingerprint density at radius 1 is 1.45 bits per heavy atom. The first-order valence-electron chi connectivity index (χ1n) is 6.08. The molecule has 0 saturated heterocycles. The number of nitrogens with one attached hydrogen (secondary N) is 1. The van der Waals surface area contributed by atoms with Gasteiger partial charge in [0.25, 0.3) is 5.91 Å². The molecule has 5 heteroatoms. The molecule has 0 radical (unpaired) electrons. The number of aryl methyl sites for hydroxylation is 1. The van der Waals surface area contributed by atoms with Crippen LogP contribution in [0.15, 0.2) is 35.1 Å². The SMILES string of the molecule is Cc1ccc(C(=O)NCc2ccon2)c(C#CCO)c1. The Labute approximate surface area is 116 Å². The highest BCUT2D eigenvalue weighted by atomic mass is 16.5. The number of benzene rings is 1. The van der Waals surface area contributed by atoms with Gasteiger partial charge in [-0.1, -0.05) is 23.1 Å². The second kappa shape index (κ2) is 6.55. The van der Waals surface area contributed by atoms with E-state index >= 15 is 0 Å². The fraction of sp³-hybridized carbons (Fsp3) is 0.200. The Balaban J connectivity index is 2.16. The minimum atomic E-state index is -0.242. The molecule has 0 fully saturated rings. The average molecular weight is 270 g/mol. The molecular weight excluding hydrogens is 256 g/mol. The molecule has 0 spiro atoms. The molecule has 20 heavy (non-hydrogen) atoms. The van der Waals surface area contributed by atoms with Crippen molar-refractivity contribution in [3.63, 3.8) is 0 Å². The monoisotopic (exact) mass is 270 g/mol. The van der Waals surface area contributed by atoms with Gasteiger partial charge < -0.3 is 14.9 Å². The van der Waals surface area contributed by atoms with Gasteiger partial charge in [0.1, 0.15) is 18.6 Å². The van der Waals surface area contributed by atoms with E-state index in [-0.39, 0.29) is 19.1 Å². The number of aliphatic hydroxyl groups excluding tert-OH is 1. The Kier molecular flexibility index (Phi) is 4.53. The lowest BCUT2D eigenvalue weighted by atomic mass is 10.0. The third-order valence-electron chi connectivity index (χ3n) is 2.64. The highest BCUT2D eigenvalue weighted by Gasteiger charge is 2.10. The minimum absolute atomic E-state index is 0.241. The number of hydrogen-bond donors (Lipinski definition) is 2. The quantitative estimate of drug-likeness (QED) is 0.823. The lowest BCUT2D eigenvalue weighted by molar-refractivity contribution is 0.0950. The normalized spacial score (nSPS) is 9.70. The fourth-order valence-electron chi connectivity index (χ4n) is 1.69. The number of nitrogens with zero attached hydrogens (tertiary/aromatic N) is 1. The third-order valence-corrected chi connectivity index (χ3v) is 2.64. The molecule has 0 aliphatic heterocycles. The predicted octanol–water partition coefficient (Wildman–Crippen LogP) is 1.26. The van der Waals surface area contributed by atoms with Crippen molar-refractivity contribution >= 4 is 5.91 Å². The van der Waals surface area contributed by atoms with Crippen molar-refractivity contribution in [2.24, 2.45) is 0 Å². The largest absolute Gasteiger partial charge is 0.384 e. The minimum Gasteiger partial charge on any atom is -0.384 e. The molecule has 0 unspecified atom stereocenters. The molecule has 2 N–H and O–H groups in total. The summed E-state index contributed by atoms with van der Waals surface area (Å²) in [6, 6.07) is 7.06. The van der Waals surface area contributed by atoms with E-state index < -0.39 is 0 Å². The van der Waals surface area contributed by atoms with Gasteiger partial charge >= 0.3 is 0 Å². The summed E-state index contributed by atoms with van der Waals surface area (Å²) in [5.74, 6) is 5.10. The van der Waals surface area contributed by atoms with Gasteiger partial charge in [0.15, 0.2) is 0 Å². The molecule has 5 nitrogen and oxygen atoms in total. The van der Waals surface area contributed by atoms with Crippen molar-refractivity contribution in [1.82, 2.24) is 10.5 Å². The van der Waals surface area contributed by atoms with Crippen molar-refractivity contribution in [3.05, 3.63) is 52.9 Å². The highest BCUT2D eigenvalue weighted by Crippen LogP contribution is 2.11. The molecule has 0 aliphatic rings. The Hall–Kier alpha value is -2.58. The summed E-state index contributed by atoms with van der Waals surface area (Å²) in [4.78, 5) is 12.1. The zero-order valence-electron chi connectivity index (χ0n) is 11.0. The molecule has 1 aromatic carbocycles. The van der Waals surface area contributed by atoms with E-state index in [0.29, 0.717) is 16.8 Å². The molecule has 0 saturated carbocycles. The highest BCUT2D eigenvalue weighted by molar-refractivity contribution is 5.96. The summed E-state index contributed by atoms with van der Waals surface area (Å²) in [5, 5.41) is 15.2. The molecule has 1 heterocycles. The first-order valence-corrected chi connectivity index (χ1v) is 6.08. The Morgan fingerprint density at radius 3 is 3.00 bits per heavy atom. The standard InChI is InChI=1S/C15H14N2O3/c1-11-4-5-14(12(9-11)3-2-7-18)15(19)16-10-13-6-8-20-17-13/h4-6,8-9,18H,7,10H2,1H3,(H,16,19). The molecule has 2 rings (SSSR count). The first kappa shape index (κ1) is 13.8. The van der Waals surface area contributed by atoms with Gasteiger partial charge in [-0.2, -0.15) is 0 Å². The van der Waals surface area contributed by atoms with E-state index in [2.05, 4.69) is 22.3 Å².